The molecule has 4 aromatic rings. The first kappa shape index (κ1) is 26.4. The van der Waals surface area contributed by atoms with Gasteiger partial charge in [0.15, 0.2) is 12.0 Å². The molecular formula is C34H26ClN3O3. The minimum Gasteiger partial charge on any atom is -0.361 e. The van der Waals surface area contributed by atoms with Crippen LogP contribution in [0.25, 0.3) is 17.7 Å². The Kier molecular flexibility index (Phi) is 7.32. The van der Waals surface area contributed by atoms with Gasteiger partial charge in [-0.3, -0.25) is 4.79 Å². The lowest BCUT2D eigenvalue weighted by molar-refractivity contribution is -0.389. The Hall–Kier alpha value is -4.81. The highest BCUT2D eigenvalue weighted by Crippen LogP contribution is 2.24. The van der Waals surface area contributed by atoms with Crippen LogP contribution in [0, 0.1) is 20.6 Å². The largest absolute Gasteiger partial charge is 0.363 e. The van der Waals surface area contributed by atoms with E-state index in [4.69, 9.17) is 11.6 Å². The van der Waals surface area contributed by atoms with Gasteiger partial charge in [0, 0.05) is 28.5 Å². The molecule has 0 spiro atoms. The predicted octanol–water partition coefficient (Wildman–Crippen LogP) is 6.28. The fourth-order valence-corrected chi connectivity index (χ4v) is 5.92. The van der Waals surface area contributed by atoms with Crippen LogP contribution in [0.5, 0.6) is 0 Å². The van der Waals surface area contributed by atoms with Crippen molar-refractivity contribution in [1.29, 1.82) is 0 Å². The van der Waals surface area contributed by atoms with Crippen LogP contribution in [-0.4, -0.2) is 15.7 Å². The summed E-state index contributed by atoms with van der Waals surface area (Å²) in [5, 5.41) is 19.1. The number of pyridine rings is 1. The molecule has 3 aliphatic rings. The van der Waals surface area contributed by atoms with E-state index in [1.807, 2.05) is 48.7 Å². The molecule has 0 amide bonds. The molecule has 41 heavy (non-hydrogen) atoms. The monoisotopic (exact) mass is 559 g/mol. The summed E-state index contributed by atoms with van der Waals surface area (Å²) in [4.78, 5) is 27.3. The number of ketones is 1. The third kappa shape index (κ3) is 5.22. The van der Waals surface area contributed by atoms with Crippen LogP contribution < -0.4 is 15.8 Å². The van der Waals surface area contributed by atoms with E-state index in [1.165, 1.54) is 40.2 Å². The number of nitro groups is 1. The van der Waals surface area contributed by atoms with E-state index in [9.17, 15) is 14.9 Å². The van der Waals surface area contributed by atoms with Crippen LogP contribution in [-0.2, 0) is 12.8 Å². The SMILES string of the molecule is C1=CNc2ccccc2C=C1.O=C(C1=c2ccc3c(c2CCC1)CC=c1c(Cl)cccc1=3)c1ccc([N+](=O)[O-])nc1. The van der Waals surface area contributed by atoms with E-state index >= 15 is 0 Å². The molecule has 1 N–H and O–H groups in total. The summed E-state index contributed by atoms with van der Waals surface area (Å²) < 4.78 is 0. The number of Topliss-reactive ketones (excluding diaryl/α,β-unsaturated/α-hetero) is 1. The number of benzene rings is 3. The third-order valence-electron chi connectivity index (χ3n) is 7.62. The maximum atomic E-state index is 13.2. The molecule has 0 saturated heterocycles. The molecule has 1 aliphatic heterocycles. The minimum atomic E-state index is -0.565. The standard InChI is InChI=1S/C24H17ClN2O3.C10H9N/c25-22-6-2-4-16-18-8-9-19-15(17(18)10-11-20(16)22)3-1-5-21(19)24(28)14-7-12-23(26-13-14)27(29)30;1-2-7-10-9(5-1)6-3-4-8-11-10/h2,4,6-9,11-13H,1,3,5,10H2;1-8,11H. The molecule has 7 rings (SSSR count). The maximum Gasteiger partial charge on any atom is 0.363 e. The zero-order valence-corrected chi connectivity index (χ0v) is 22.9. The Morgan fingerprint density at radius 1 is 0.902 bits per heavy atom. The van der Waals surface area contributed by atoms with Crippen molar-refractivity contribution >= 4 is 46.6 Å². The lowest BCUT2D eigenvalue weighted by Gasteiger charge is -2.20. The fraction of sp³-hybridized carbons (Fsp3) is 0.118. The lowest BCUT2D eigenvalue weighted by Crippen LogP contribution is -2.26. The Morgan fingerprint density at radius 2 is 1.76 bits per heavy atom. The molecule has 0 radical (unpaired) electrons. The predicted molar refractivity (Wildman–Crippen MR) is 163 cm³/mol. The number of para-hydroxylation sites is 1. The number of aromatic nitrogens is 1. The molecule has 2 heterocycles. The van der Waals surface area contributed by atoms with Crippen LogP contribution in [0.3, 0.4) is 0 Å². The summed E-state index contributed by atoms with van der Waals surface area (Å²) in [7, 11) is 0. The van der Waals surface area contributed by atoms with E-state index in [-0.39, 0.29) is 11.6 Å². The fourth-order valence-electron chi connectivity index (χ4n) is 5.67. The third-order valence-corrected chi connectivity index (χ3v) is 7.95. The van der Waals surface area contributed by atoms with Crippen molar-refractivity contribution in [2.24, 2.45) is 0 Å². The first-order valence-electron chi connectivity index (χ1n) is 13.5. The Bertz CT molecular complexity index is 1980. The highest BCUT2D eigenvalue weighted by molar-refractivity contribution is 6.30. The highest BCUT2D eigenvalue weighted by atomic mass is 35.5. The normalized spacial score (nSPS) is 14.0. The van der Waals surface area contributed by atoms with Crippen LogP contribution in [0.1, 0.15) is 39.9 Å². The molecule has 0 atom stereocenters. The molecule has 2 aliphatic carbocycles. The number of carbonyl (C=O) groups is 1. The van der Waals surface area contributed by atoms with Crippen LogP contribution in [0.4, 0.5) is 11.5 Å². The van der Waals surface area contributed by atoms with Gasteiger partial charge in [-0.05, 0) is 97.4 Å². The van der Waals surface area contributed by atoms with Gasteiger partial charge in [-0.25, -0.2) is 0 Å². The zero-order chi connectivity index (χ0) is 28.3. The van der Waals surface area contributed by atoms with E-state index in [1.54, 1.807) is 0 Å². The number of nitrogens with zero attached hydrogens (tertiary/aromatic N) is 2. The molecule has 6 nitrogen and oxygen atoms in total. The summed E-state index contributed by atoms with van der Waals surface area (Å²) in [6.07, 6.45) is 14.8. The maximum absolute atomic E-state index is 13.2. The first-order chi connectivity index (χ1) is 20.0. The van der Waals surface area contributed by atoms with Crippen molar-refractivity contribution in [2.75, 3.05) is 5.32 Å². The van der Waals surface area contributed by atoms with Crippen LogP contribution in [0.15, 0.2) is 91.3 Å². The molecule has 1 aromatic heterocycles. The lowest BCUT2D eigenvalue weighted by atomic mass is 9.84. The topological polar surface area (TPSA) is 85.1 Å². The van der Waals surface area contributed by atoms with Gasteiger partial charge in [0.05, 0.1) is 5.56 Å². The molecule has 202 valence electrons. The van der Waals surface area contributed by atoms with E-state index in [0.717, 1.165) is 51.2 Å². The number of fused-ring (bicyclic) bond motifs is 5. The van der Waals surface area contributed by atoms with E-state index in [2.05, 4.69) is 46.7 Å². The van der Waals surface area contributed by atoms with Gasteiger partial charge in [-0.2, -0.15) is 0 Å². The molecular weight excluding hydrogens is 534 g/mol. The minimum absolute atomic E-state index is 0.110. The van der Waals surface area contributed by atoms with Crippen molar-refractivity contribution in [2.45, 2.75) is 25.7 Å². The number of anilines is 1. The van der Waals surface area contributed by atoms with E-state index in [0.29, 0.717) is 12.0 Å². The summed E-state index contributed by atoms with van der Waals surface area (Å²) in [6, 6.07) is 21.1. The van der Waals surface area contributed by atoms with Crippen molar-refractivity contribution < 1.29 is 9.72 Å². The van der Waals surface area contributed by atoms with Gasteiger partial charge < -0.3 is 15.4 Å². The number of nitrogens with one attached hydrogen (secondary N) is 1. The summed E-state index contributed by atoms with van der Waals surface area (Å²) in [5.74, 6) is -0.371. The van der Waals surface area contributed by atoms with Gasteiger partial charge >= 0.3 is 5.82 Å². The summed E-state index contributed by atoms with van der Waals surface area (Å²) in [5.41, 5.74) is 6.01. The Labute approximate surface area is 241 Å². The van der Waals surface area contributed by atoms with Gasteiger partial charge in [0.2, 0.25) is 0 Å². The summed E-state index contributed by atoms with van der Waals surface area (Å²) in [6.45, 7) is 0. The second-order valence-corrected chi connectivity index (χ2v) is 10.4. The second-order valence-electron chi connectivity index (χ2n) is 10.0. The smallest absolute Gasteiger partial charge is 0.361 e. The van der Waals surface area contributed by atoms with Gasteiger partial charge in [-0.15, -0.1) is 0 Å². The van der Waals surface area contributed by atoms with Gasteiger partial charge in [0.1, 0.15) is 0 Å². The zero-order valence-electron chi connectivity index (χ0n) is 22.1. The molecule has 0 unspecified atom stereocenters. The molecule has 0 saturated carbocycles. The number of halogens is 1. The van der Waals surface area contributed by atoms with Crippen molar-refractivity contribution in [3.05, 3.63) is 150 Å². The average molecular weight is 560 g/mol. The number of hydrogen-bond acceptors (Lipinski definition) is 5. The van der Waals surface area contributed by atoms with Crippen LogP contribution >= 0.6 is 11.6 Å². The van der Waals surface area contributed by atoms with Gasteiger partial charge in [-0.1, -0.05) is 72.3 Å². The Morgan fingerprint density at radius 3 is 2.59 bits per heavy atom. The van der Waals surface area contributed by atoms with Crippen molar-refractivity contribution in [1.82, 2.24) is 4.98 Å². The number of carbonyl (C=O) groups excluding carboxylic acids is 1. The van der Waals surface area contributed by atoms with Crippen molar-refractivity contribution in [3.63, 3.8) is 0 Å². The molecule has 0 fully saturated rings. The average Bonchev–Trinajstić information content (AvgIpc) is 3.26. The van der Waals surface area contributed by atoms with Crippen LogP contribution in [0.2, 0.25) is 5.02 Å². The van der Waals surface area contributed by atoms with E-state index < -0.39 is 4.92 Å². The first-order valence-corrected chi connectivity index (χ1v) is 13.9. The van der Waals surface area contributed by atoms with Gasteiger partial charge in [0.25, 0.3) is 0 Å². The van der Waals surface area contributed by atoms with Crippen molar-refractivity contribution in [3.8, 4) is 0 Å². The second kappa shape index (κ2) is 11.4. The quantitative estimate of drug-likeness (QED) is 0.181. The number of hydrogen-bond donors (Lipinski definition) is 1. The number of allylic oxidation sites excluding steroid dienone is 2. The summed E-state index contributed by atoms with van der Waals surface area (Å²) >= 11 is 6.39. The Balaban J connectivity index is 0.000000229. The molecule has 0 bridgehead atoms. The number of rotatable bonds is 3. The highest BCUT2D eigenvalue weighted by Gasteiger charge is 2.22. The molecule has 7 heteroatoms. The molecule has 3 aromatic carbocycles.